The molecular weight excluding hydrogens is 593 g/mol. The molecule has 0 amide bonds. The maximum atomic E-state index is 12.9. The maximum absolute atomic E-state index is 12.9. The van der Waals surface area contributed by atoms with E-state index in [-0.39, 0.29) is 16.7 Å². The van der Waals surface area contributed by atoms with Gasteiger partial charge in [0.1, 0.15) is 11.5 Å². The molecule has 0 spiro atoms. The van der Waals surface area contributed by atoms with E-state index in [1.54, 1.807) is 0 Å². The summed E-state index contributed by atoms with van der Waals surface area (Å²) in [6.07, 6.45) is 0. The van der Waals surface area contributed by atoms with Crippen LogP contribution in [0.3, 0.4) is 0 Å². The Labute approximate surface area is 242 Å². The van der Waals surface area contributed by atoms with Crippen molar-refractivity contribution in [3.8, 4) is 11.5 Å². The Morgan fingerprint density at radius 3 is 1.36 bits per heavy atom. The average Bonchev–Trinajstić information content (AvgIpc) is 2.94. The van der Waals surface area contributed by atoms with Crippen LogP contribution >= 0.6 is 7.81 Å². The van der Waals surface area contributed by atoms with Crippen molar-refractivity contribution in [1.29, 1.82) is 0 Å². The fourth-order valence-corrected chi connectivity index (χ4v) is 5.89. The zero-order chi connectivity index (χ0) is 30.4. The second kappa shape index (κ2) is 11.7. The molecule has 5 aromatic carbocycles. The van der Waals surface area contributed by atoms with Crippen molar-refractivity contribution in [2.24, 2.45) is 0 Å². The van der Waals surface area contributed by atoms with E-state index in [9.17, 15) is 30.0 Å². The van der Waals surface area contributed by atoms with Gasteiger partial charge in [-0.25, -0.2) is 0 Å². The van der Waals surface area contributed by atoms with Crippen molar-refractivity contribution in [2.45, 2.75) is 21.6 Å². The molecule has 0 aromatic heterocycles. The zero-order valence-electron chi connectivity index (χ0n) is 22.1. The van der Waals surface area contributed by atoms with Crippen LogP contribution in [0.2, 0.25) is 0 Å². The van der Waals surface area contributed by atoms with Gasteiger partial charge in [-0.3, -0.25) is 4.79 Å². The van der Waals surface area contributed by atoms with Gasteiger partial charge in [-0.05, 0) is 79.7 Å². The van der Waals surface area contributed by atoms with Crippen LogP contribution in [0.5, 0.6) is 11.5 Å². The number of carbonyl (C=O) groups is 1. The van der Waals surface area contributed by atoms with Gasteiger partial charge >= 0.3 is 33.0 Å². The number of carbonyl (C=O) groups excluding carboxylic acids is 1. The molecule has 0 aliphatic rings. The number of benzene rings is 5. The van der Waals surface area contributed by atoms with Gasteiger partial charge in [0.15, 0.2) is 20.5 Å². The summed E-state index contributed by atoms with van der Waals surface area (Å²) in [7, 11) is -11.0. The minimum atomic E-state index is -10.7. The summed E-state index contributed by atoms with van der Waals surface area (Å²) in [5, 5.41) is 0. The summed E-state index contributed by atoms with van der Waals surface area (Å²) in [5.41, 5.74) is 2.62. The Balaban J connectivity index is 0.000000517. The third kappa shape index (κ3) is 10.1. The molecule has 0 fully saturated rings. The number of aryl methyl sites for hydroxylation is 1. The van der Waals surface area contributed by atoms with E-state index >= 15 is 0 Å². The van der Waals surface area contributed by atoms with Crippen molar-refractivity contribution in [3.05, 3.63) is 150 Å². The normalized spacial score (nSPS) is 13.5. The summed E-state index contributed by atoms with van der Waals surface area (Å²) in [6, 6.07) is 44.2. The molecule has 0 heterocycles. The third-order valence-electron chi connectivity index (χ3n) is 5.68. The summed E-state index contributed by atoms with van der Waals surface area (Å²) in [5.74, 6) is 1.66. The van der Waals surface area contributed by atoms with Crippen LogP contribution < -0.4 is 4.74 Å². The van der Waals surface area contributed by atoms with E-state index in [0.29, 0.717) is 11.1 Å². The number of rotatable bonds is 7. The number of ketones is 1. The monoisotopic (exact) mass is 618 g/mol. The first kappa shape index (κ1) is 30.9. The van der Waals surface area contributed by atoms with Crippen LogP contribution in [-0.2, 0) is 10.9 Å². The molecule has 0 aliphatic heterocycles. The Morgan fingerprint density at radius 1 is 0.524 bits per heavy atom. The van der Waals surface area contributed by atoms with Gasteiger partial charge in [0.2, 0.25) is 0 Å². The third-order valence-corrected chi connectivity index (χ3v) is 7.91. The van der Waals surface area contributed by atoms with E-state index in [4.69, 9.17) is 4.74 Å². The summed E-state index contributed by atoms with van der Waals surface area (Å²) < 4.78 is 65.2. The minimum absolute atomic E-state index is 0.0368. The van der Waals surface area contributed by atoms with Gasteiger partial charge in [-0.2, -0.15) is 0 Å². The standard InChI is InChI=1S/C32H25O2S.F6P/c1-24-12-18-29(19-13-24)35(31-22-16-28(17-23-31)34-27-10-6-3-7-11-27)30-20-14-26(15-21-30)32(33)25-8-4-2-5-9-25;1-7(2,3,4,5)6/h2-23H,1H3;/q+1;-1. The first-order chi connectivity index (χ1) is 19.6. The second-order valence-electron chi connectivity index (χ2n) is 9.18. The quantitative estimate of drug-likeness (QED) is 0.0785. The van der Waals surface area contributed by atoms with E-state index in [1.807, 2.05) is 84.9 Å². The number of ether oxygens (including phenoxy) is 1. The van der Waals surface area contributed by atoms with Crippen molar-refractivity contribution >= 4 is 24.5 Å². The fourth-order valence-electron chi connectivity index (χ4n) is 3.85. The molecule has 0 radical (unpaired) electrons. The molecule has 1 atom stereocenters. The molecule has 5 rings (SSSR count). The van der Waals surface area contributed by atoms with Crippen LogP contribution in [0.4, 0.5) is 25.2 Å². The molecule has 0 N–H and O–H groups in total. The molecule has 0 saturated carbocycles. The van der Waals surface area contributed by atoms with Crippen molar-refractivity contribution in [2.75, 3.05) is 0 Å². The van der Waals surface area contributed by atoms with Crippen LogP contribution in [0.1, 0.15) is 21.5 Å². The van der Waals surface area contributed by atoms with Gasteiger partial charge in [-0.15, -0.1) is 0 Å². The number of hydrogen-bond donors (Lipinski definition) is 0. The first-order valence-corrected chi connectivity index (χ1v) is 15.8. The topological polar surface area (TPSA) is 26.3 Å². The summed E-state index contributed by atoms with van der Waals surface area (Å²) >= 11 is 0. The molecule has 5 aromatic rings. The molecule has 10 heteroatoms. The van der Waals surface area contributed by atoms with Gasteiger partial charge < -0.3 is 4.74 Å². The molecule has 2 nitrogen and oxygen atoms in total. The van der Waals surface area contributed by atoms with E-state index in [2.05, 4.69) is 55.5 Å². The molecule has 0 aliphatic carbocycles. The van der Waals surface area contributed by atoms with E-state index in [1.165, 1.54) is 15.4 Å². The molecule has 0 saturated heterocycles. The number of halogens is 6. The van der Waals surface area contributed by atoms with E-state index < -0.39 is 7.81 Å². The molecular formula is C32H25F6O2PS. The van der Waals surface area contributed by atoms with Gasteiger partial charge in [0, 0.05) is 11.1 Å². The zero-order valence-corrected chi connectivity index (χ0v) is 23.9. The predicted molar refractivity (Wildman–Crippen MR) is 156 cm³/mol. The predicted octanol–water partition coefficient (Wildman–Crippen LogP) is 11.5. The van der Waals surface area contributed by atoms with Crippen molar-refractivity contribution < 1.29 is 34.7 Å². The van der Waals surface area contributed by atoms with Crippen LogP contribution in [0.15, 0.2) is 148 Å². The molecule has 0 bridgehead atoms. The molecule has 1 unspecified atom stereocenters. The number of para-hydroxylation sites is 1. The second-order valence-corrected chi connectivity index (χ2v) is 13.1. The molecule has 218 valence electrons. The Morgan fingerprint density at radius 2 is 0.881 bits per heavy atom. The Bertz CT molecular complexity index is 1620. The summed E-state index contributed by atoms with van der Waals surface area (Å²) in [6.45, 7) is 2.10. The first-order valence-electron chi connectivity index (χ1n) is 12.5. The summed E-state index contributed by atoms with van der Waals surface area (Å²) in [4.78, 5) is 16.5. The van der Waals surface area contributed by atoms with Gasteiger partial charge in [0.05, 0.1) is 10.9 Å². The molecule has 42 heavy (non-hydrogen) atoms. The SMILES string of the molecule is Cc1ccc([S+](c2ccc(Oc3ccccc3)cc2)c2ccc(C(=O)c3ccccc3)cc2)cc1.F[P-](F)(F)(F)(F)F. The van der Waals surface area contributed by atoms with Gasteiger partial charge in [-0.1, -0.05) is 66.2 Å². The van der Waals surface area contributed by atoms with E-state index in [0.717, 1.165) is 16.4 Å². The van der Waals surface area contributed by atoms with Gasteiger partial charge in [0.25, 0.3) is 0 Å². The average molecular weight is 619 g/mol. The van der Waals surface area contributed by atoms with Crippen molar-refractivity contribution in [1.82, 2.24) is 0 Å². The van der Waals surface area contributed by atoms with Crippen molar-refractivity contribution in [3.63, 3.8) is 0 Å². The van der Waals surface area contributed by atoms with Crippen LogP contribution in [-0.4, -0.2) is 5.78 Å². The fraction of sp³-hybridized carbons (Fsp3) is 0.0312. The Hall–Kier alpha value is -4.07. The number of hydrogen-bond acceptors (Lipinski definition) is 2. The Kier molecular flexibility index (Phi) is 8.58. The van der Waals surface area contributed by atoms with Crippen LogP contribution in [0, 0.1) is 6.92 Å². The van der Waals surface area contributed by atoms with Crippen LogP contribution in [0.25, 0.3) is 0 Å².